The average Bonchev–Trinajstić information content (AvgIpc) is 2.37. The maximum Gasteiger partial charge on any atom is 0.336 e. The van der Waals surface area contributed by atoms with Crippen molar-refractivity contribution in [3.05, 3.63) is 29.3 Å². The average molecular weight is 260 g/mol. The largest absolute Gasteiger partial charge is 0.478 e. The van der Waals surface area contributed by atoms with Crippen molar-refractivity contribution < 1.29 is 14.7 Å². The zero-order valence-electron chi connectivity index (χ0n) is 10.9. The predicted octanol–water partition coefficient (Wildman–Crippen LogP) is 2.18. The van der Waals surface area contributed by atoms with Gasteiger partial charge in [-0.2, -0.15) is 0 Å². The van der Waals surface area contributed by atoms with Crippen molar-refractivity contribution in [1.82, 2.24) is 4.90 Å². The van der Waals surface area contributed by atoms with Crippen molar-refractivity contribution in [2.24, 2.45) is 0 Å². The molecule has 1 aromatic carbocycles. The van der Waals surface area contributed by atoms with Gasteiger partial charge in [0, 0.05) is 12.2 Å². The number of carboxylic acid groups (broad SMARTS) is 1. The first kappa shape index (κ1) is 14.6. The van der Waals surface area contributed by atoms with Gasteiger partial charge >= 0.3 is 12.0 Å². The number of aromatic carboxylic acids is 1. The number of nitrogens with zero attached hydrogens (tertiary/aromatic N) is 1. The SMILES string of the molecule is C#CCN(CC)C(=O)Nc1ccc(C)c(C(=O)O)c1. The lowest BCUT2D eigenvalue weighted by Gasteiger charge is -2.18. The molecule has 5 nitrogen and oxygen atoms in total. The molecule has 1 rings (SSSR count). The van der Waals surface area contributed by atoms with Crippen LogP contribution in [0.15, 0.2) is 18.2 Å². The molecule has 0 radical (unpaired) electrons. The molecule has 0 saturated heterocycles. The molecule has 0 heterocycles. The number of benzene rings is 1. The van der Waals surface area contributed by atoms with Gasteiger partial charge in [-0.15, -0.1) is 6.42 Å². The summed E-state index contributed by atoms with van der Waals surface area (Å²) in [6.45, 7) is 4.20. The standard InChI is InChI=1S/C14H16N2O3/c1-4-8-16(5-2)14(19)15-11-7-6-10(3)12(9-11)13(17)18/h1,6-7,9H,5,8H2,2-3H3,(H,15,19)(H,17,18). The van der Waals surface area contributed by atoms with E-state index in [1.54, 1.807) is 19.1 Å². The maximum absolute atomic E-state index is 11.9. The summed E-state index contributed by atoms with van der Waals surface area (Å²) in [7, 11) is 0. The van der Waals surface area contributed by atoms with Crippen LogP contribution in [0.2, 0.25) is 0 Å². The topological polar surface area (TPSA) is 69.6 Å². The molecule has 2 N–H and O–H groups in total. The quantitative estimate of drug-likeness (QED) is 0.815. The smallest absolute Gasteiger partial charge is 0.336 e. The number of rotatable bonds is 4. The Bertz CT molecular complexity index is 532. The number of terminal acetylenes is 1. The number of carbonyl (C=O) groups excluding carboxylic acids is 1. The number of nitrogens with one attached hydrogen (secondary N) is 1. The number of hydrogen-bond donors (Lipinski definition) is 2. The number of aryl methyl sites for hydroxylation is 1. The molecular weight excluding hydrogens is 244 g/mol. The van der Waals surface area contributed by atoms with E-state index in [0.29, 0.717) is 17.8 Å². The van der Waals surface area contributed by atoms with Crippen LogP contribution in [0.25, 0.3) is 0 Å². The highest BCUT2D eigenvalue weighted by atomic mass is 16.4. The highest BCUT2D eigenvalue weighted by molar-refractivity contribution is 5.94. The molecule has 2 amide bonds. The Balaban J connectivity index is 2.88. The van der Waals surface area contributed by atoms with Crippen molar-refractivity contribution in [3.8, 4) is 12.3 Å². The first-order valence-electron chi connectivity index (χ1n) is 5.83. The molecular formula is C14H16N2O3. The number of hydrogen-bond acceptors (Lipinski definition) is 2. The van der Waals surface area contributed by atoms with Gasteiger partial charge in [0.05, 0.1) is 12.1 Å². The van der Waals surface area contributed by atoms with Gasteiger partial charge in [-0.1, -0.05) is 12.0 Å². The number of carbonyl (C=O) groups is 2. The molecule has 0 atom stereocenters. The van der Waals surface area contributed by atoms with E-state index < -0.39 is 5.97 Å². The third-order valence-electron chi connectivity index (χ3n) is 2.67. The summed E-state index contributed by atoms with van der Waals surface area (Å²) in [6, 6.07) is 4.39. The van der Waals surface area contributed by atoms with E-state index in [4.69, 9.17) is 11.5 Å². The second kappa shape index (κ2) is 6.45. The third kappa shape index (κ3) is 3.75. The van der Waals surface area contributed by atoms with E-state index in [2.05, 4.69) is 11.2 Å². The molecule has 0 unspecified atom stereocenters. The van der Waals surface area contributed by atoms with Crippen molar-refractivity contribution in [2.75, 3.05) is 18.4 Å². The molecule has 0 aliphatic heterocycles. The summed E-state index contributed by atoms with van der Waals surface area (Å²) in [5, 5.41) is 11.6. The molecule has 1 aromatic rings. The van der Waals surface area contributed by atoms with Crippen LogP contribution >= 0.6 is 0 Å². The number of anilines is 1. The maximum atomic E-state index is 11.9. The van der Waals surface area contributed by atoms with E-state index in [-0.39, 0.29) is 18.1 Å². The minimum atomic E-state index is -1.02. The summed E-state index contributed by atoms with van der Waals surface area (Å²) >= 11 is 0. The van der Waals surface area contributed by atoms with Crippen LogP contribution in [0.4, 0.5) is 10.5 Å². The van der Waals surface area contributed by atoms with E-state index >= 15 is 0 Å². The molecule has 0 aromatic heterocycles. The highest BCUT2D eigenvalue weighted by Crippen LogP contribution is 2.15. The normalized spacial score (nSPS) is 9.53. The lowest BCUT2D eigenvalue weighted by molar-refractivity contribution is 0.0696. The van der Waals surface area contributed by atoms with Gasteiger partial charge in [0.2, 0.25) is 0 Å². The molecule has 0 fully saturated rings. The second-order valence-electron chi connectivity index (χ2n) is 3.98. The van der Waals surface area contributed by atoms with Crippen LogP contribution in [-0.4, -0.2) is 35.1 Å². The fourth-order valence-corrected chi connectivity index (χ4v) is 1.57. The van der Waals surface area contributed by atoms with Crippen LogP contribution in [0, 0.1) is 19.3 Å². The van der Waals surface area contributed by atoms with Gasteiger partial charge in [0.1, 0.15) is 0 Å². The Morgan fingerprint density at radius 1 is 1.47 bits per heavy atom. The second-order valence-corrected chi connectivity index (χ2v) is 3.98. The Kier molecular flexibility index (Phi) is 4.95. The summed E-state index contributed by atoms with van der Waals surface area (Å²) in [4.78, 5) is 24.3. The molecule has 0 spiro atoms. The summed E-state index contributed by atoms with van der Waals surface area (Å²) < 4.78 is 0. The van der Waals surface area contributed by atoms with E-state index in [1.165, 1.54) is 11.0 Å². The Morgan fingerprint density at radius 3 is 2.68 bits per heavy atom. The van der Waals surface area contributed by atoms with E-state index in [0.717, 1.165) is 0 Å². The molecule has 100 valence electrons. The summed E-state index contributed by atoms with van der Waals surface area (Å²) in [6.07, 6.45) is 5.17. The minimum Gasteiger partial charge on any atom is -0.478 e. The number of amides is 2. The lowest BCUT2D eigenvalue weighted by atomic mass is 10.1. The monoisotopic (exact) mass is 260 g/mol. The van der Waals surface area contributed by atoms with Gasteiger partial charge in [-0.3, -0.25) is 0 Å². The van der Waals surface area contributed by atoms with Crippen molar-refractivity contribution in [2.45, 2.75) is 13.8 Å². The van der Waals surface area contributed by atoms with Crippen molar-refractivity contribution >= 4 is 17.7 Å². The van der Waals surface area contributed by atoms with Crippen LogP contribution < -0.4 is 5.32 Å². The van der Waals surface area contributed by atoms with Gasteiger partial charge in [-0.25, -0.2) is 9.59 Å². The van der Waals surface area contributed by atoms with Crippen molar-refractivity contribution in [1.29, 1.82) is 0 Å². The molecule has 0 saturated carbocycles. The predicted molar refractivity (Wildman–Crippen MR) is 73.2 cm³/mol. The number of urea groups is 1. The lowest BCUT2D eigenvalue weighted by Crippen LogP contribution is -2.35. The zero-order valence-corrected chi connectivity index (χ0v) is 10.9. The van der Waals surface area contributed by atoms with Gasteiger partial charge in [0.25, 0.3) is 0 Å². The van der Waals surface area contributed by atoms with Crippen LogP contribution in [0.5, 0.6) is 0 Å². The van der Waals surface area contributed by atoms with Crippen LogP contribution in [0.1, 0.15) is 22.8 Å². The van der Waals surface area contributed by atoms with Crippen LogP contribution in [-0.2, 0) is 0 Å². The van der Waals surface area contributed by atoms with Gasteiger partial charge in [0.15, 0.2) is 0 Å². The molecule has 0 aliphatic rings. The van der Waals surface area contributed by atoms with Gasteiger partial charge < -0.3 is 15.3 Å². The first-order valence-corrected chi connectivity index (χ1v) is 5.83. The first-order chi connectivity index (χ1) is 8.99. The fourth-order valence-electron chi connectivity index (χ4n) is 1.57. The fraction of sp³-hybridized carbons (Fsp3) is 0.286. The Hall–Kier alpha value is -2.48. The molecule has 5 heteroatoms. The van der Waals surface area contributed by atoms with E-state index in [9.17, 15) is 9.59 Å². The molecule has 19 heavy (non-hydrogen) atoms. The van der Waals surface area contributed by atoms with Gasteiger partial charge in [-0.05, 0) is 31.5 Å². The Morgan fingerprint density at radius 2 is 2.16 bits per heavy atom. The molecule has 0 aliphatic carbocycles. The Labute approximate surface area is 112 Å². The molecule has 0 bridgehead atoms. The van der Waals surface area contributed by atoms with Crippen LogP contribution in [0.3, 0.4) is 0 Å². The van der Waals surface area contributed by atoms with Crippen molar-refractivity contribution in [3.63, 3.8) is 0 Å². The zero-order chi connectivity index (χ0) is 14.4. The summed E-state index contributed by atoms with van der Waals surface area (Å²) in [5.74, 6) is 1.37. The number of carboxylic acids is 1. The third-order valence-corrected chi connectivity index (χ3v) is 2.67. The highest BCUT2D eigenvalue weighted by Gasteiger charge is 2.12. The van der Waals surface area contributed by atoms with E-state index in [1.807, 2.05) is 6.92 Å². The minimum absolute atomic E-state index is 0.165. The summed E-state index contributed by atoms with van der Waals surface area (Å²) in [5.41, 5.74) is 1.24.